The third kappa shape index (κ3) is 3.93. The molecule has 3 aliphatic rings. The first-order valence-electron chi connectivity index (χ1n) is 12.0. The van der Waals surface area contributed by atoms with Crippen LogP contribution in [0.25, 0.3) is 11.1 Å². The molecule has 2 atom stereocenters. The SMILES string of the molecule is CC1(C(=O)O)CN(C(=O)[C@H]2CCC[C@H]2CNC(=O)OCC2c3ccccc3-c3ccccc32)C1. The van der Waals surface area contributed by atoms with Crippen LogP contribution in [0.2, 0.25) is 0 Å². The van der Waals surface area contributed by atoms with E-state index in [1.54, 1.807) is 11.8 Å². The zero-order valence-corrected chi connectivity index (χ0v) is 19.3. The van der Waals surface area contributed by atoms with Crippen LogP contribution in [0.5, 0.6) is 0 Å². The maximum absolute atomic E-state index is 12.9. The number of carboxylic acid groups (broad SMARTS) is 1. The molecule has 0 spiro atoms. The Labute approximate surface area is 199 Å². The first-order chi connectivity index (χ1) is 16.4. The van der Waals surface area contributed by atoms with Crippen LogP contribution in [0.1, 0.15) is 43.2 Å². The zero-order chi connectivity index (χ0) is 23.9. The summed E-state index contributed by atoms with van der Waals surface area (Å²) in [5, 5.41) is 12.2. The Morgan fingerprint density at radius 2 is 1.65 bits per heavy atom. The molecular formula is C27H30N2O5. The molecular weight excluding hydrogens is 432 g/mol. The molecule has 1 aliphatic heterocycles. The van der Waals surface area contributed by atoms with Gasteiger partial charge in [-0.2, -0.15) is 0 Å². The van der Waals surface area contributed by atoms with E-state index in [9.17, 15) is 19.5 Å². The van der Waals surface area contributed by atoms with Gasteiger partial charge < -0.3 is 20.1 Å². The number of likely N-dealkylation sites (tertiary alicyclic amines) is 1. The summed E-state index contributed by atoms with van der Waals surface area (Å²) < 4.78 is 5.62. The lowest BCUT2D eigenvalue weighted by atomic mass is 9.80. The highest BCUT2D eigenvalue weighted by atomic mass is 16.5. The molecule has 7 nitrogen and oxygen atoms in total. The second-order valence-corrected chi connectivity index (χ2v) is 10.1. The van der Waals surface area contributed by atoms with Crippen LogP contribution in [0.15, 0.2) is 48.5 Å². The van der Waals surface area contributed by atoms with Crippen LogP contribution in [-0.4, -0.2) is 54.2 Å². The normalized spacial score (nSPS) is 22.4. The zero-order valence-electron chi connectivity index (χ0n) is 19.3. The number of carbonyl (C=O) groups excluding carboxylic acids is 2. The second-order valence-electron chi connectivity index (χ2n) is 10.1. The van der Waals surface area contributed by atoms with Crippen molar-refractivity contribution in [1.82, 2.24) is 10.2 Å². The van der Waals surface area contributed by atoms with Crippen LogP contribution in [0, 0.1) is 17.3 Å². The van der Waals surface area contributed by atoms with Gasteiger partial charge in [0, 0.05) is 31.5 Å². The summed E-state index contributed by atoms with van der Waals surface area (Å²) >= 11 is 0. The van der Waals surface area contributed by atoms with Crippen molar-refractivity contribution in [2.75, 3.05) is 26.2 Å². The Morgan fingerprint density at radius 3 is 2.26 bits per heavy atom. The predicted molar refractivity (Wildman–Crippen MR) is 126 cm³/mol. The number of carboxylic acids is 1. The van der Waals surface area contributed by atoms with Crippen molar-refractivity contribution in [3.8, 4) is 11.1 Å². The third-order valence-electron chi connectivity index (χ3n) is 7.74. The minimum Gasteiger partial charge on any atom is -0.481 e. The first kappa shape index (κ1) is 22.4. The Morgan fingerprint density at radius 1 is 1.03 bits per heavy atom. The lowest BCUT2D eigenvalue weighted by molar-refractivity contribution is -0.166. The number of hydrogen-bond donors (Lipinski definition) is 2. The van der Waals surface area contributed by atoms with E-state index in [2.05, 4.69) is 29.6 Å². The molecule has 1 saturated carbocycles. The minimum absolute atomic E-state index is 0.00826. The molecule has 2 aromatic carbocycles. The van der Waals surface area contributed by atoms with Gasteiger partial charge in [0.25, 0.3) is 0 Å². The average molecular weight is 463 g/mol. The van der Waals surface area contributed by atoms with Gasteiger partial charge >= 0.3 is 12.1 Å². The van der Waals surface area contributed by atoms with Gasteiger partial charge in [-0.15, -0.1) is 0 Å². The number of aliphatic carboxylic acids is 1. The van der Waals surface area contributed by atoms with Gasteiger partial charge in [-0.3, -0.25) is 9.59 Å². The molecule has 0 aromatic heterocycles. The van der Waals surface area contributed by atoms with E-state index in [1.165, 1.54) is 22.3 Å². The van der Waals surface area contributed by atoms with Crippen molar-refractivity contribution in [1.29, 1.82) is 0 Å². The molecule has 0 unspecified atom stereocenters. The van der Waals surface area contributed by atoms with Crippen LogP contribution < -0.4 is 5.32 Å². The smallest absolute Gasteiger partial charge is 0.407 e. The van der Waals surface area contributed by atoms with E-state index in [4.69, 9.17) is 4.74 Å². The molecule has 0 radical (unpaired) electrons. The van der Waals surface area contributed by atoms with Gasteiger partial charge in [-0.05, 0) is 47.9 Å². The van der Waals surface area contributed by atoms with Crippen molar-refractivity contribution < 1.29 is 24.2 Å². The van der Waals surface area contributed by atoms with Crippen LogP contribution in [-0.2, 0) is 14.3 Å². The minimum atomic E-state index is -0.864. The molecule has 2 N–H and O–H groups in total. The van der Waals surface area contributed by atoms with Crippen LogP contribution in [0.3, 0.4) is 0 Å². The Bertz CT molecular complexity index is 1080. The topological polar surface area (TPSA) is 95.9 Å². The van der Waals surface area contributed by atoms with Crippen molar-refractivity contribution in [3.05, 3.63) is 59.7 Å². The largest absolute Gasteiger partial charge is 0.481 e. The summed E-state index contributed by atoms with van der Waals surface area (Å²) in [5.41, 5.74) is 3.86. The van der Waals surface area contributed by atoms with Crippen molar-refractivity contribution in [2.45, 2.75) is 32.1 Å². The Hall–Kier alpha value is -3.35. The molecule has 1 heterocycles. The summed E-state index contributed by atoms with van der Waals surface area (Å²) in [4.78, 5) is 38.4. The number of fused-ring (bicyclic) bond motifs is 3. The standard InChI is InChI=1S/C27H30N2O5/c1-27(25(31)32)15-29(16-27)24(30)18-12-6-7-17(18)13-28-26(33)34-14-23-21-10-4-2-8-19(21)20-9-3-5-11-22(20)23/h2-5,8-11,17-18,23H,6-7,12-16H2,1H3,(H,28,33)(H,31,32)/t17-,18-/m0/s1. The number of alkyl carbamates (subject to hydrolysis) is 1. The molecule has 7 heteroatoms. The molecule has 0 bridgehead atoms. The van der Waals surface area contributed by atoms with Crippen molar-refractivity contribution in [2.24, 2.45) is 17.3 Å². The predicted octanol–water partition coefficient (Wildman–Crippen LogP) is 3.87. The van der Waals surface area contributed by atoms with Gasteiger partial charge in [-0.25, -0.2) is 4.79 Å². The fourth-order valence-corrected chi connectivity index (χ4v) is 5.79. The van der Waals surface area contributed by atoms with Crippen molar-refractivity contribution in [3.63, 3.8) is 0 Å². The van der Waals surface area contributed by atoms with E-state index in [0.29, 0.717) is 6.54 Å². The maximum atomic E-state index is 12.9. The molecule has 2 amide bonds. The lowest BCUT2D eigenvalue weighted by Gasteiger charge is -2.46. The quantitative estimate of drug-likeness (QED) is 0.679. The number of carbonyl (C=O) groups is 3. The number of ether oxygens (including phenoxy) is 1. The Balaban J connectivity index is 1.14. The van der Waals surface area contributed by atoms with Gasteiger partial charge in [0.05, 0.1) is 5.41 Å². The van der Waals surface area contributed by atoms with Gasteiger partial charge in [-0.1, -0.05) is 55.0 Å². The summed E-state index contributed by atoms with van der Waals surface area (Å²) in [6, 6.07) is 16.4. The summed E-state index contributed by atoms with van der Waals surface area (Å²) in [7, 11) is 0. The highest BCUT2D eigenvalue weighted by Gasteiger charge is 2.49. The number of nitrogens with zero attached hydrogens (tertiary/aromatic N) is 1. The van der Waals surface area contributed by atoms with Gasteiger partial charge in [0.2, 0.25) is 5.91 Å². The summed E-state index contributed by atoms with van der Waals surface area (Å²) in [6.45, 7) is 2.82. The monoisotopic (exact) mass is 462 g/mol. The lowest BCUT2D eigenvalue weighted by Crippen LogP contribution is -2.62. The molecule has 34 heavy (non-hydrogen) atoms. The summed E-state index contributed by atoms with van der Waals surface area (Å²) in [5.74, 6) is -0.974. The van der Waals surface area contributed by atoms with E-state index < -0.39 is 17.5 Å². The van der Waals surface area contributed by atoms with E-state index >= 15 is 0 Å². The van der Waals surface area contributed by atoms with Gasteiger partial charge in [0.15, 0.2) is 0 Å². The fraction of sp³-hybridized carbons (Fsp3) is 0.444. The highest BCUT2D eigenvalue weighted by Crippen LogP contribution is 2.44. The third-order valence-corrected chi connectivity index (χ3v) is 7.74. The summed E-state index contributed by atoms with van der Waals surface area (Å²) in [6.07, 6.45) is 2.10. The second kappa shape index (κ2) is 8.78. The number of rotatable bonds is 6. The Kier molecular flexibility index (Phi) is 5.80. The van der Waals surface area contributed by atoms with E-state index in [0.717, 1.165) is 19.3 Å². The highest BCUT2D eigenvalue weighted by molar-refractivity contribution is 5.85. The average Bonchev–Trinajstić information content (AvgIpc) is 3.41. The maximum Gasteiger partial charge on any atom is 0.407 e. The molecule has 5 rings (SSSR count). The molecule has 178 valence electrons. The number of nitrogens with one attached hydrogen (secondary N) is 1. The van der Waals surface area contributed by atoms with Gasteiger partial charge in [0.1, 0.15) is 6.61 Å². The number of hydrogen-bond acceptors (Lipinski definition) is 4. The fourth-order valence-electron chi connectivity index (χ4n) is 5.79. The number of benzene rings is 2. The van der Waals surface area contributed by atoms with E-state index in [1.807, 2.05) is 24.3 Å². The first-order valence-corrected chi connectivity index (χ1v) is 12.0. The van der Waals surface area contributed by atoms with Crippen molar-refractivity contribution >= 4 is 18.0 Å². The molecule has 1 saturated heterocycles. The molecule has 2 fully saturated rings. The molecule has 2 aromatic rings. The van der Waals surface area contributed by atoms with E-state index in [-0.39, 0.29) is 43.4 Å². The molecule has 2 aliphatic carbocycles. The van der Waals surface area contributed by atoms with Crippen LogP contribution in [0.4, 0.5) is 4.79 Å². The number of amides is 2. The van der Waals surface area contributed by atoms with Crippen LogP contribution >= 0.6 is 0 Å².